The van der Waals surface area contributed by atoms with Gasteiger partial charge in [-0.05, 0) is 30.7 Å². The van der Waals surface area contributed by atoms with Crippen molar-refractivity contribution in [2.24, 2.45) is 0 Å². The number of rotatable bonds is 5. The maximum absolute atomic E-state index is 13.1. The van der Waals surface area contributed by atoms with E-state index in [0.29, 0.717) is 38.7 Å². The van der Waals surface area contributed by atoms with Gasteiger partial charge in [-0.15, -0.1) is 0 Å². The summed E-state index contributed by atoms with van der Waals surface area (Å²) in [6.45, 7) is 1.79. The molecule has 0 saturated carbocycles. The van der Waals surface area contributed by atoms with Gasteiger partial charge < -0.3 is 9.47 Å². The molecule has 0 saturated heterocycles. The molecule has 152 valence electrons. The summed E-state index contributed by atoms with van der Waals surface area (Å²) in [6.07, 6.45) is 2.18. The van der Waals surface area contributed by atoms with Crippen LogP contribution in [0, 0.1) is 6.92 Å². The van der Waals surface area contributed by atoms with Gasteiger partial charge in [0.15, 0.2) is 0 Å². The van der Waals surface area contributed by atoms with Crippen molar-refractivity contribution in [1.29, 1.82) is 0 Å². The van der Waals surface area contributed by atoms with E-state index in [-0.39, 0.29) is 11.1 Å². The Balaban J connectivity index is 1.88. The van der Waals surface area contributed by atoms with Crippen molar-refractivity contribution < 1.29 is 9.47 Å². The normalized spacial score (nSPS) is 11.8. The fourth-order valence-corrected chi connectivity index (χ4v) is 4.37. The third kappa shape index (κ3) is 3.59. The second-order valence-corrected chi connectivity index (χ2v) is 7.79. The zero-order valence-electron chi connectivity index (χ0n) is 16.8. The van der Waals surface area contributed by atoms with Gasteiger partial charge in [-0.3, -0.25) is 14.0 Å². The number of methoxy groups -OCH3 is 2. The second kappa shape index (κ2) is 8.12. The minimum atomic E-state index is -0.300. The van der Waals surface area contributed by atoms with E-state index >= 15 is 0 Å². The summed E-state index contributed by atoms with van der Waals surface area (Å²) in [5.74, 6) is 1.26. The quantitative estimate of drug-likeness (QED) is 0.496. The molecule has 0 radical (unpaired) electrons. The molecule has 0 aliphatic rings. The first-order valence-electron chi connectivity index (χ1n) is 9.34. The molecule has 6 nitrogen and oxygen atoms in total. The van der Waals surface area contributed by atoms with Crippen LogP contribution in [0.15, 0.2) is 58.1 Å². The Morgan fingerprint density at radius 3 is 2.53 bits per heavy atom. The smallest absolute Gasteiger partial charge is 0.277 e. The Morgan fingerprint density at radius 1 is 1.07 bits per heavy atom. The first kappa shape index (κ1) is 19.8. The maximum Gasteiger partial charge on any atom is 0.277 e. The van der Waals surface area contributed by atoms with Crippen molar-refractivity contribution >= 4 is 22.4 Å². The van der Waals surface area contributed by atoms with Gasteiger partial charge in [-0.25, -0.2) is 0 Å². The molecule has 0 spiro atoms. The Morgan fingerprint density at radius 2 is 1.83 bits per heavy atom. The summed E-state index contributed by atoms with van der Waals surface area (Å²) in [7, 11) is 3.15. The average Bonchev–Trinajstić information content (AvgIpc) is 3.07. The van der Waals surface area contributed by atoms with Crippen LogP contribution in [-0.2, 0) is 6.42 Å². The Labute approximate surface area is 176 Å². The second-order valence-electron chi connectivity index (χ2n) is 6.78. The van der Waals surface area contributed by atoms with Crippen LogP contribution in [0.4, 0.5) is 0 Å². The molecule has 0 N–H and O–H groups in total. The van der Waals surface area contributed by atoms with E-state index in [1.54, 1.807) is 39.4 Å². The highest BCUT2D eigenvalue weighted by atomic mass is 32.1. The van der Waals surface area contributed by atoms with Crippen LogP contribution in [0.3, 0.4) is 0 Å². The number of hydrogen-bond acceptors (Lipinski definition) is 6. The van der Waals surface area contributed by atoms with E-state index in [2.05, 4.69) is 4.98 Å². The number of nitrogens with zero attached hydrogens (tertiary/aromatic N) is 2. The molecule has 2 heterocycles. The summed E-state index contributed by atoms with van der Waals surface area (Å²) in [5, 5.41) is 0. The van der Waals surface area contributed by atoms with Gasteiger partial charge in [-0.1, -0.05) is 41.7 Å². The van der Waals surface area contributed by atoms with Crippen LogP contribution in [0.25, 0.3) is 11.0 Å². The number of aryl methyl sites for hydroxylation is 1. The summed E-state index contributed by atoms with van der Waals surface area (Å²) in [4.78, 5) is 30.3. The van der Waals surface area contributed by atoms with E-state index in [0.717, 1.165) is 11.1 Å². The lowest BCUT2D eigenvalue weighted by Gasteiger charge is -2.06. The van der Waals surface area contributed by atoms with Crippen LogP contribution in [0.5, 0.6) is 11.5 Å². The SMILES string of the molecule is COc1ccc(C=c2sc3nc(=O)c(Cc4ccccc4)c(C)n3c2=O)c(OC)c1. The molecule has 0 unspecified atom stereocenters. The standard InChI is InChI=1S/C23H20N2O4S/c1-14-18(11-15-7-5-4-6-8-15)21(26)24-23-25(14)22(27)20(30-23)12-16-9-10-17(28-2)13-19(16)29-3/h4-10,12-13H,11H2,1-3H3. The monoisotopic (exact) mass is 420 g/mol. The van der Waals surface area contributed by atoms with Gasteiger partial charge in [0, 0.05) is 29.3 Å². The molecule has 4 rings (SSSR count). The van der Waals surface area contributed by atoms with Crippen LogP contribution in [0.1, 0.15) is 22.4 Å². The minimum Gasteiger partial charge on any atom is -0.497 e. The third-order valence-electron chi connectivity index (χ3n) is 4.98. The number of aromatic nitrogens is 2. The molecule has 7 heteroatoms. The lowest BCUT2D eigenvalue weighted by molar-refractivity contribution is 0.393. The predicted molar refractivity (Wildman–Crippen MR) is 118 cm³/mol. The number of fused-ring (bicyclic) bond motifs is 1. The zero-order chi connectivity index (χ0) is 21.3. The van der Waals surface area contributed by atoms with E-state index < -0.39 is 0 Å². The molecule has 0 aliphatic heterocycles. The van der Waals surface area contributed by atoms with Gasteiger partial charge in [0.05, 0.1) is 18.8 Å². The molecule has 30 heavy (non-hydrogen) atoms. The molecule has 0 aliphatic carbocycles. The molecule has 0 bridgehead atoms. The highest BCUT2D eigenvalue weighted by Gasteiger charge is 2.15. The Hall–Kier alpha value is -3.45. The van der Waals surface area contributed by atoms with Gasteiger partial charge >= 0.3 is 0 Å². The van der Waals surface area contributed by atoms with Gasteiger partial charge in [-0.2, -0.15) is 4.98 Å². The van der Waals surface area contributed by atoms with Crippen molar-refractivity contribution in [3.05, 3.63) is 96.2 Å². The number of ether oxygens (including phenoxy) is 2. The lowest BCUT2D eigenvalue weighted by Crippen LogP contribution is -2.27. The first-order valence-corrected chi connectivity index (χ1v) is 10.2. The van der Waals surface area contributed by atoms with E-state index in [1.807, 2.05) is 36.4 Å². The van der Waals surface area contributed by atoms with Crippen LogP contribution >= 0.6 is 11.3 Å². The van der Waals surface area contributed by atoms with Crippen molar-refractivity contribution in [2.75, 3.05) is 14.2 Å². The largest absolute Gasteiger partial charge is 0.497 e. The average molecular weight is 420 g/mol. The number of thiazole rings is 1. The van der Waals surface area contributed by atoms with E-state index in [9.17, 15) is 9.59 Å². The van der Waals surface area contributed by atoms with E-state index in [4.69, 9.17) is 9.47 Å². The van der Waals surface area contributed by atoms with Gasteiger partial charge in [0.1, 0.15) is 11.5 Å². The number of benzene rings is 2. The Kier molecular flexibility index (Phi) is 5.37. The lowest BCUT2D eigenvalue weighted by atomic mass is 10.1. The van der Waals surface area contributed by atoms with Crippen molar-refractivity contribution in [3.63, 3.8) is 0 Å². The summed E-state index contributed by atoms with van der Waals surface area (Å²) >= 11 is 1.19. The molecule has 0 fully saturated rings. The van der Waals surface area contributed by atoms with Crippen molar-refractivity contribution in [1.82, 2.24) is 9.38 Å². The number of hydrogen-bond donors (Lipinski definition) is 0. The summed E-state index contributed by atoms with van der Waals surface area (Å²) in [5.41, 5.74) is 2.39. The summed E-state index contributed by atoms with van der Waals surface area (Å²) < 4.78 is 12.6. The molecule has 4 aromatic rings. The van der Waals surface area contributed by atoms with Crippen molar-refractivity contribution in [3.8, 4) is 11.5 Å². The summed E-state index contributed by atoms with van der Waals surface area (Å²) in [6, 6.07) is 15.1. The first-order chi connectivity index (χ1) is 14.5. The highest BCUT2D eigenvalue weighted by Crippen LogP contribution is 2.25. The topological polar surface area (TPSA) is 69.9 Å². The molecule has 2 aromatic heterocycles. The third-order valence-corrected chi connectivity index (χ3v) is 5.95. The highest BCUT2D eigenvalue weighted by molar-refractivity contribution is 7.15. The fourth-order valence-electron chi connectivity index (χ4n) is 3.37. The molecule has 0 atom stereocenters. The molecule has 0 amide bonds. The molecule has 2 aromatic carbocycles. The van der Waals surface area contributed by atoms with E-state index in [1.165, 1.54) is 15.7 Å². The zero-order valence-corrected chi connectivity index (χ0v) is 17.7. The van der Waals surface area contributed by atoms with Crippen LogP contribution < -0.4 is 25.1 Å². The predicted octanol–water partition coefficient (Wildman–Crippen LogP) is 2.58. The molecular weight excluding hydrogens is 400 g/mol. The molecular formula is C23H20N2O4S. The van der Waals surface area contributed by atoms with Crippen molar-refractivity contribution in [2.45, 2.75) is 13.3 Å². The van der Waals surface area contributed by atoms with Crippen LogP contribution in [0.2, 0.25) is 0 Å². The minimum absolute atomic E-state index is 0.202. The maximum atomic E-state index is 13.1. The van der Waals surface area contributed by atoms with Gasteiger partial charge in [0.25, 0.3) is 11.1 Å². The Bertz CT molecular complexity index is 1390. The van der Waals surface area contributed by atoms with Crippen LogP contribution in [-0.4, -0.2) is 23.6 Å². The fraction of sp³-hybridized carbons (Fsp3) is 0.174. The van der Waals surface area contributed by atoms with Gasteiger partial charge in [0.2, 0.25) is 4.96 Å².